The number of phenolic OH excluding ortho intramolecular Hbond substituents is 2. The van der Waals surface area contributed by atoms with Gasteiger partial charge in [-0.3, -0.25) is 0 Å². The smallest absolute Gasteiger partial charge is 0.122 e. The molecule has 0 radical (unpaired) electrons. The second kappa shape index (κ2) is 7.03. The average Bonchev–Trinajstić information content (AvgIpc) is 2.39. The van der Waals surface area contributed by atoms with E-state index in [9.17, 15) is 10.2 Å². The lowest BCUT2D eigenvalue weighted by molar-refractivity contribution is 0.448. The van der Waals surface area contributed by atoms with E-state index in [-0.39, 0.29) is 5.75 Å². The van der Waals surface area contributed by atoms with Gasteiger partial charge in [0.1, 0.15) is 11.5 Å². The SMILES string of the molecule is C/C=C/CC/C(C)=C\Cc1cc(O)c(C)c(C)c1O. The lowest BCUT2D eigenvalue weighted by atomic mass is 9.99. The molecular weight excluding hydrogens is 236 g/mol. The summed E-state index contributed by atoms with van der Waals surface area (Å²) in [7, 11) is 0. The Bertz CT molecular complexity index is 496. The van der Waals surface area contributed by atoms with Gasteiger partial charge in [0.05, 0.1) is 0 Å². The van der Waals surface area contributed by atoms with Gasteiger partial charge in [0.25, 0.3) is 0 Å². The van der Waals surface area contributed by atoms with Gasteiger partial charge >= 0.3 is 0 Å². The van der Waals surface area contributed by atoms with Crippen LogP contribution in [0.25, 0.3) is 0 Å². The number of aromatic hydroxyl groups is 2. The van der Waals surface area contributed by atoms with Gasteiger partial charge in [0.2, 0.25) is 0 Å². The van der Waals surface area contributed by atoms with Crippen LogP contribution in [0.15, 0.2) is 29.9 Å². The van der Waals surface area contributed by atoms with Crippen molar-refractivity contribution in [3.05, 3.63) is 46.6 Å². The van der Waals surface area contributed by atoms with Crippen molar-refractivity contribution in [2.45, 2.75) is 47.0 Å². The first-order valence-electron chi connectivity index (χ1n) is 6.75. The van der Waals surface area contributed by atoms with E-state index in [1.54, 1.807) is 6.07 Å². The van der Waals surface area contributed by atoms with Crippen molar-refractivity contribution in [1.82, 2.24) is 0 Å². The van der Waals surface area contributed by atoms with Crippen LogP contribution in [-0.4, -0.2) is 10.2 Å². The maximum atomic E-state index is 10.1. The van der Waals surface area contributed by atoms with Gasteiger partial charge in [-0.05, 0) is 64.2 Å². The maximum Gasteiger partial charge on any atom is 0.122 e. The molecule has 2 nitrogen and oxygen atoms in total. The van der Waals surface area contributed by atoms with Crippen LogP contribution in [0, 0.1) is 13.8 Å². The van der Waals surface area contributed by atoms with Crippen LogP contribution < -0.4 is 0 Å². The highest BCUT2D eigenvalue weighted by atomic mass is 16.3. The third-order valence-corrected chi connectivity index (χ3v) is 3.53. The van der Waals surface area contributed by atoms with Crippen molar-refractivity contribution in [2.24, 2.45) is 0 Å². The Kier molecular flexibility index (Phi) is 5.68. The molecule has 0 heterocycles. The summed E-state index contributed by atoms with van der Waals surface area (Å²) in [6.07, 6.45) is 9.05. The zero-order chi connectivity index (χ0) is 14.4. The summed E-state index contributed by atoms with van der Waals surface area (Å²) in [6.45, 7) is 7.76. The molecule has 0 atom stereocenters. The quantitative estimate of drug-likeness (QED) is 0.602. The zero-order valence-electron chi connectivity index (χ0n) is 12.3. The van der Waals surface area contributed by atoms with Crippen molar-refractivity contribution in [1.29, 1.82) is 0 Å². The minimum atomic E-state index is 0.255. The van der Waals surface area contributed by atoms with E-state index in [0.717, 1.165) is 29.5 Å². The molecule has 1 aromatic carbocycles. The predicted molar refractivity (Wildman–Crippen MR) is 80.8 cm³/mol. The highest BCUT2D eigenvalue weighted by Crippen LogP contribution is 2.32. The van der Waals surface area contributed by atoms with Crippen LogP contribution in [0.2, 0.25) is 0 Å². The fourth-order valence-electron chi connectivity index (χ4n) is 1.97. The topological polar surface area (TPSA) is 40.5 Å². The second-order valence-electron chi connectivity index (χ2n) is 5.02. The minimum absolute atomic E-state index is 0.255. The van der Waals surface area contributed by atoms with Crippen molar-refractivity contribution in [3.8, 4) is 11.5 Å². The van der Waals surface area contributed by atoms with Crippen LogP contribution >= 0.6 is 0 Å². The van der Waals surface area contributed by atoms with Crippen molar-refractivity contribution < 1.29 is 10.2 Å². The van der Waals surface area contributed by atoms with Gasteiger partial charge in [-0.15, -0.1) is 0 Å². The minimum Gasteiger partial charge on any atom is -0.508 e. The average molecular weight is 260 g/mol. The maximum absolute atomic E-state index is 10.1. The number of hydrogen-bond donors (Lipinski definition) is 2. The number of phenols is 2. The summed E-state index contributed by atoms with van der Waals surface area (Å²) >= 11 is 0. The molecule has 0 spiro atoms. The molecule has 0 aromatic heterocycles. The molecule has 1 rings (SSSR count). The van der Waals surface area contributed by atoms with Crippen molar-refractivity contribution >= 4 is 0 Å². The predicted octanol–water partition coefficient (Wildman–Crippen LogP) is 4.56. The Morgan fingerprint density at radius 2 is 1.89 bits per heavy atom. The molecule has 2 heteroatoms. The van der Waals surface area contributed by atoms with Gasteiger partial charge in [-0.2, -0.15) is 0 Å². The third-order valence-electron chi connectivity index (χ3n) is 3.53. The molecule has 0 fully saturated rings. The largest absolute Gasteiger partial charge is 0.508 e. The fraction of sp³-hybridized carbons (Fsp3) is 0.412. The standard InChI is InChI=1S/C17H24O2/c1-5-6-7-8-12(2)9-10-15-11-16(18)13(3)14(4)17(15)19/h5-6,9,11,18-19H,7-8,10H2,1-4H3/b6-5+,12-9-. The summed E-state index contributed by atoms with van der Waals surface area (Å²) in [4.78, 5) is 0. The molecule has 0 aliphatic rings. The molecule has 0 aliphatic carbocycles. The molecule has 0 saturated carbocycles. The van der Waals surface area contributed by atoms with Gasteiger partial charge in [0, 0.05) is 5.56 Å². The molecule has 104 valence electrons. The molecule has 0 aliphatic heterocycles. The van der Waals surface area contributed by atoms with Gasteiger partial charge in [0.15, 0.2) is 0 Å². The van der Waals surface area contributed by atoms with E-state index >= 15 is 0 Å². The molecule has 0 amide bonds. The number of hydrogen-bond acceptors (Lipinski definition) is 2. The zero-order valence-corrected chi connectivity index (χ0v) is 12.3. The van der Waals surface area contributed by atoms with E-state index in [2.05, 4.69) is 25.2 Å². The van der Waals surface area contributed by atoms with Gasteiger partial charge in [-0.1, -0.05) is 23.8 Å². The Morgan fingerprint density at radius 1 is 1.21 bits per heavy atom. The fourth-order valence-corrected chi connectivity index (χ4v) is 1.97. The van der Waals surface area contributed by atoms with Gasteiger partial charge < -0.3 is 10.2 Å². The van der Waals surface area contributed by atoms with Crippen LogP contribution in [0.3, 0.4) is 0 Å². The highest BCUT2D eigenvalue weighted by molar-refractivity contribution is 5.51. The molecule has 1 aromatic rings. The van der Waals surface area contributed by atoms with Crippen molar-refractivity contribution in [3.63, 3.8) is 0 Å². The Hall–Kier alpha value is -1.70. The second-order valence-corrected chi connectivity index (χ2v) is 5.02. The van der Waals surface area contributed by atoms with Crippen LogP contribution in [0.5, 0.6) is 11.5 Å². The highest BCUT2D eigenvalue weighted by Gasteiger charge is 2.10. The monoisotopic (exact) mass is 260 g/mol. The molecule has 2 N–H and O–H groups in total. The molecular formula is C17H24O2. The van der Waals surface area contributed by atoms with E-state index in [0.29, 0.717) is 12.2 Å². The van der Waals surface area contributed by atoms with E-state index in [1.165, 1.54) is 5.57 Å². The van der Waals surface area contributed by atoms with Crippen LogP contribution in [0.4, 0.5) is 0 Å². The Labute approximate surface area is 116 Å². The summed E-state index contributed by atoms with van der Waals surface area (Å²) in [5.41, 5.74) is 3.59. The molecule has 0 bridgehead atoms. The van der Waals surface area contributed by atoms with Crippen molar-refractivity contribution in [2.75, 3.05) is 0 Å². The lowest BCUT2D eigenvalue weighted by Crippen LogP contribution is -1.91. The first kappa shape index (κ1) is 15.4. The lowest BCUT2D eigenvalue weighted by Gasteiger charge is -2.10. The number of allylic oxidation sites excluding steroid dienone is 4. The van der Waals surface area contributed by atoms with E-state index < -0.39 is 0 Å². The summed E-state index contributed by atoms with van der Waals surface area (Å²) < 4.78 is 0. The first-order valence-corrected chi connectivity index (χ1v) is 6.75. The molecule has 0 unspecified atom stereocenters. The Morgan fingerprint density at radius 3 is 2.53 bits per heavy atom. The normalized spacial score (nSPS) is 12.3. The number of benzene rings is 1. The summed E-state index contributed by atoms with van der Waals surface area (Å²) in [5, 5.41) is 19.9. The van der Waals surface area contributed by atoms with Gasteiger partial charge in [-0.25, -0.2) is 0 Å². The first-order chi connectivity index (χ1) is 8.97. The molecule has 0 saturated heterocycles. The van der Waals surface area contributed by atoms with Crippen LogP contribution in [-0.2, 0) is 6.42 Å². The van der Waals surface area contributed by atoms with E-state index in [1.807, 2.05) is 20.8 Å². The third kappa shape index (κ3) is 4.16. The Balaban J connectivity index is 2.80. The number of rotatable bonds is 5. The van der Waals surface area contributed by atoms with E-state index in [4.69, 9.17) is 0 Å². The molecule has 19 heavy (non-hydrogen) atoms. The summed E-state index contributed by atoms with van der Waals surface area (Å²) in [5.74, 6) is 0.554. The van der Waals surface area contributed by atoms with Crippen LogP contribution in [0.1, 0.15) is 43.4 Å². The summed E-state index contributed by atoms with van der Waals surface area (Å²) in [6, 6.07) is 1.66.